The van der Waals surface area contributed by atoms with E-state index in [1.807, 2.05) is 48.6 Å². The highest BCUT2D eigenvalue weighted by Gasteiger charge is 2.34. The van der Waals surface area contributed by atoms with Crippen molar-refractivity contribution in [3.8, 4) is 0 Å². The molecule has 0 fully saturated rings. The molecule has 3 aromatic rings. The first-order chi connectivity index (χ1) is 23.3. The van der Waals surface area contributed by atoms with Crippen LogP contribution in [0.5, 0.6) is 0 Å². The van der Waals surface area contributed by atoms with Gasteiger partial charge in [0, 0.05) is 38.8 Å². The highest BCUT2D eigenvalue weighted by Crippen LogP contribution is 2.43. The molecule has 0 aromatic carbocycles. The summed E-state index contributed by atoms with van der Waals surface area (Å²) < 4.78 is 0. The van der Waals surface area contributed by atoms with Gasteiger partial charge in [-0.1, -0.05) is 79.1 Å². The second-order valence-corrected chi connectivity index (χ2v) is 13.4. The SMILES string of the molecule is CCCCC(O)C1=C(C(O)CCCC)c2nc1cc1nc(cc3ccc(cc4cc(C(O)CCCC)c([nH]4)c2C(O)CCCC)[nH]3)C=C1. The van der Waals surface area contributed by atoms with Crippen molar-refractivity contribution in [1.29, 1.82) is 0 Å². The van der Waals surface area contributed by atoms with Gasteiger partial charge in [0.25, 0.3) is 0 Å². The van der Waals surface area contributed by atoms with Gasteiger partial charge in [-0.15, -0.1) is 0 Å². The quantitative estimate of drug-likeness (QED) is 0.0713. The third-order valence-electron chi connectivity index (χ3n) is 9.44. The molecule has 8 nitrogen and oxygen atoms in total. The summed E-state index contributed by atoms with van der Waals surface area (Å²) in [5.74, 6) is 0. The molecule has 0 saturated heterocycles. The molecule has 0 amide bonds. The second kappa shape index (κ2) is 16.7. The Labute approximate surface area is 284 Å². The molecule has 4 atom stereocenters. The lowest BCUT2D eigenvalue weighted by atomic mass is 9.88. The predicted molar refractivity (Wildman–Crippen MR) is 197 cm³/mol. The summed E-state index contributed by atoms with van der Waals surface area (Å²) in [6.07, 6.45) is 9.44. The zero-order chi connectivity index (χ0) is 34.2. The van der Waals surface area contributed by atoms with E-state index in [-0.39, 0.29) is 0 Å². The van der Waals surface area contributed by atoms with E-state index in [9.17, 15) is 20.4 Å². The molecular weight excluding hydrogens is 600 g/mol. The fourth-order valence-electron chi connectivity index (χ4n) is 6.81. The third-order valence-corrected chi connectivity index (χ3v) is 9.44. The molecule has 2 aliphatic rings. The fraction of sp³-hybridized carbons (Fsp3) is 0.500. The molecule has 0 spiro atoms. The van der Waals surface area contributed by atoms with Crippen LogP contribution in [0.1, 0.15) is 151 Å². The van der Waals surface area contributed by atoms with Gasteiger partial charge in [0.2, 0.25) is 0 Å². The Morgan fingerprint density at radius 1 is 0.562 bits per heavy atom. The van der Waals surface area contributed by atoms with Crippen molar-refractivity contribution in [3.63, 3.8) is 0 Å². The van der Waals surface area contributed by atoms with Crippen LogP contribution in [0.4, 0.5) is 0 Å². The monoisotopic (exact) mass is 654 g/mol. The number of aromatic amines is 2. The fourth-order valence-corrected chi connectivity index (χ4v) is 6.81. The van der Waals surface area contributed by atoms with E-state index in [1.165, 1.54) is 0 Å². The average molecular weight is 655 g/mol. The summed E-state index contributed by atoms with van der Waals surface area (Å²) in [6, 6.07) is 11.8. The minimum Gasteiger partial charge on any atom is -0.388 e. The van der Waals surface area contributed by atoms with Gasteiger partial charge in [-0.2, -0.15) is 0 Å². The zero-order valence-corrected chi connectivity index (χ0v) is 29.1. The number of fused-ring (bicyclic) bond motifs is 8. The van der Waals surface area contributed by atoms with Gasteiger partial charge in [-0.3, -0.25) is 0 Å². The number of H-pyrrole nitrogens is 2. The standard InChI is InChI=1S/C40H54N4O4/c1-5-9-13-32(45)30-23-29-22-27-18-17-25(41-27)21-26-19-20-28(42-26)24-31-36(33(46)14-10-6-2)37(34(47)15-11-7-3)40(44-31)38(39(30)43-29)35(48)16-12-8-4/h17-24,32-35,41,43,45-48H,5-16H2,1-4H3. The summed E-state index contributed by atoms with van der Waals surface area (Å²) in [6.45, 7) is 8.39. The second-order valence-electron chi connectivity index (χ2n) is 13.4. The molecular formula is C40H54N4O4. The highest BCUT2D eigenvalue weighted by molar-refractivity contribution is 5.98. The van der Waals surface area contributed by atoms with Gasteiger partial charge in [-0.05, 0) is 74.2 Å². The van der Waals surface area contributed by atoms with Crippen molar-refractivity contribution < 1.29 is 20.4 Å². The van der Waals surface area contributed by atoms with Crippen LogP contribution in [-0.4, -0.2) is 52.6 Å². The molecule has 4 unspecified atom stereocenters. The number of aliphatic hydroxyl groups is 4. The lowest BCUT2D eigenvalue weighted by Crippen LogP contribution is -2.17. The maximum Gasteiger partial charge on any atom is 0.0831 e. The molecule has 5 rings (SSSR count). The first kappa shape index (κ1) is 35.7. The number of aliphatic hydroxyl groups excluding tert-OH is 4. The van der Waals surface area contributed by atoms with Crippen LogP contribution in [-0.2, 0) is 0 Å². The predicted octanol–water partition coefficient (Wildman–Crippen LogP) is 8.95. The molecule has 6 N–H and O–H groups in total. The molecule has 48 heavy (non-hydrogen) atoms. The van der Waals surface area contributed by atoms with Crippen LogP contribution in [0, 0.1) is 0 Å². The first-order valence-electron chi connectivity index (χ1n) is 18.2. The summed E-state index contributed by atoms with van der Waals surface area (Å²) in [4.78, 5) is 17.1. The number of aromatic nitrogens is 4. The largest absolute Gasteiger partial charge is 0.388 e. The van der Waals surface area contributed by atoms with Crippen molar-refractivity contribution in [2.75, 3.05) is 0 Å². The molecule has 258 valence electrons. The van der Waals surface area contributed by atoms with Crippen molar-refractivity contribution >= 4 is 45.4 Å². The Balaban J connectivity index is 1.96. The Morgan fingerprint density at radius 3 is 1.73 bits per heavy atom. The number of hydrogen-bond donors (Lipinski definition) is 6. The van der Waals surface area contributed by atoms with Crippen LogP contribution >= 0.6 is 0 Å². The number of hydrogen-bond acceptors (Lipinski definition) is 6. The average Bonchev–Trinajstić information content (AvgIpc) is 3.88. The van der Waals surface area contributed by atoms with Crippen molar-refractivity contribution in [2.45, 2.75) is 129 Å². The van der Waals surface area contributed by atoms with Crippen molar-refractivity contribution in [3.05, 3.63) is 70.3 Å². The van der Waals surface area contributed by atoms with Crippen molar-refractivity contribution in [2.24, 2.45) is 0 Å². The molecule has 2 aliphatic heterocycles. The molecule has 3 aromatic heterocycles. The topological polar surface area (TPSA) is 138 Å². The van der Waals surface area contributed by atoms with Gasteiger partial charge in [0.1, 0.15) is 0 Å². The van der Waals surface area contributed by atoms with Crippen LogP contribution in [0.2, 0.25) is 0 Å². The molecule has 8 heteroatoms. The normalized spacial score (nSPS) is 15.6. The van der Waals surface area contributed by atoms with E-state index < -0.39 is 24.4 Å². The molecule has 8 bridgehead atoms. The van der Waals surface area contributed by atoms with Gasteiger partial charge in [0.15, 0.2) is 0 Å². The Bertz CT molecular complexity index is 1770. The minimum absolute atomic E-state index is 0.476. The van der Waals surface area contributed by atoms with Gasteiger partial charge in [-0.25, -0.2) is 9.97 Å². The summed E-state index contributed by atoms with van der Waals surface area (Å²) in [5.41, 5.74) is 8.09. The van der Waals surface area contributed by atoms with Crippen LogP contribution in [0.3, 0.4) is 0 Å². The summed E-state index contributed by atoms with van der Waals surface area (Å²) >= 11 is 0. The Kier molecular flexibility index (Phi) is 12.4. The Hall–Kier alpha value is -3.56. The lowest BCUT2D eigenvalue weighted by Gasteiger charge is -2.22. The van der Waals surface area contributed by atoms with Crippen LogP contribution in [0.25, 0.3) is 45.4 Å². The third kappa shape index (κ3) is 8.17. The first-order valence-corrected chi connectivity index (χ1v) is 18.2. The lowest BCUT2D eigenvalue weighted by molar-refractivity contribution is 0.160. The van der Waals surface area contributed by atoms with Crippen LogP contribution in [0.15, 0.2) is 36.4 Å². The number of nitrogens with one attached hydrogen (secondary N) is 2. The van der Waals surface area contributed by atoms with Crippen molar-refractivity contribution in [1.82, 2.24) is 19.9 Å². The van der Waals surface area contributed by atoms with E-state index in [0.29, 0.717) is 70.6 Å². The molecule has 5 heterocycles. The van der Waals surface area contributed by atoms with E-state index >= 15 is 0 Å². The van der Waals surface area contributed by atoms with E-state index in [1.54, 1.807) is 0 Å². The maximum atomic E-state index is 12.1. The van der Waals surface area contributed by atoms with E-state index in [4.69, 9.17) is 9.97 Å². The Morgan fingerprint density at radius 2 is 1.10 bits per heavy atom. The van der Waals surface area contributed by atoms with Gasteiger partial charge < -0.3 is 30.4 Å². The minimum atomic E-state index is -0.927. The van der Waals surface area contributed by atoms with Gasteiger partial charge in [0.05, 0.1) is 52.7 Å². The molecule has 0 aliphatic carbocycles. The van der Waals surface area contributed by atoms with Gasteiger partial charge >= 0.3 is 0 Å². The molecule has 0 saturated carbocycles. The number of rotatable bonds is 16. The highest BCUT2D eigenvalue weighted by atomic mass is 16.3. The summed E-state index contributed by atoms with van der Waals surface area (Å²) in [5, 5.41) is 47.5. The van der Waals surface area contributed by atoms with E-state index in [0.717, 1.165) is 73.6 Å². The number of nitrogens with zero attached hydrogens (tertiary/aromatic N) is 2. The van der Waals surface area contributed by atoms with E-state index in [2.05, 4.69) is 37.7 Å². The maximum absolute atomic E-state index is 12.1. The molecule has 0 radical (unpaired) electrons. The van der Waals surface area contributed by atoms with Crippen LogP contribution < -0.4 is 0 Å². The number of unbranched alkanes of at least 4 members (excludes halogenated alkanes) is 4. The summed E-state index contributed by atoms with van der Waals surface area (Å²) in [7, 11) is 0. The smallest absolute Gasteiger partial charge is 0.0831 e. The zero-order valence-electron chi connectivity index (χ0n) is 29.1.